The molecule has 11 heteroatoms. The molecule has 41 heavy (non-hydrogen) atoms. The monoisotopic (exact) mass is 553 g/mol. The van der Waals surface area contributed by atoms with Crippen molar-refractivity contribution in [3.63, 3.8) is 0 Å². The first-order chi connectivity index (χ1) is 19.8. The number of aromatic nitrogens is 3. The van der Waals surface area contributed by atoms with Gasteiger partial charge in [-0.1, -0.05) is 30.3 Å². The van der Waals surface area contributed by atoms with E-state index in [2.05, 4.69) is 20.6 Å². The third kappa shape index (κ3) is 4.90. The molecule has 0 radical (unpaired) electrons. The van der Waals surface area contributed by atoms with Crippen molar-refractivity contribution in [2.45, 2.75) is 19.5 Å². The van der Waals surface area contributed by atoms with E-state index < -0.39 is 23.5 Å². The molecule has 208 valence electrons. The summed E-state index contributed by atoms with van der Waals surface area (Å²) in [7, 11) is 1.77. The van der Waals surface area contributed by atoms with Crippen molar-refractivity contribution >= 4 is 34.9 Å². The Bertz CT molecular complexity index is 1650. The van der Waals surface area contributed by atoms with E-state index in [1.165, 1.54) is 0 Å². The average Bonchev–Trinajstić information content (AvgIpc) is 3.21. The Kier molecular flexibility index (Phi) is 6.70. The molecule has 2 N–H and O–H groups in total. The van der Waals surface area contributed by atoms with E-state index in [9.17, 15) is 18.8 Å². The normalized spacial score (nSPS) is 16.4. The maximum atomic E-state index is 13.4. The molecule has 2 aromatic carbocycles. The van der Waals surface area contributed by atoms with Gasteiger partial charge in [-0.15, -0.1) is 0 Å². The molecule has 0 unspecified atom stereocenters. The number of hydrogen-bond donors (Lipinski definition) is 2. The summed E-state index contributed by atoms with van der Waals surface area (Å²) >= 11 is 0. The maximum absolute atomic E-state index is 13.4. The molecule has 4 heterocycles. The van der Waals surface area contributed by atoms with Crippen molar-refractivity contribution in [3.8, 4) is 11.1 Å². The predicted octanol–water partition coefficient (Wildman–Crippen LogP) is 3.08. The Morgan fingerprint density at radius 3 is 2.56 bits per heavy atom. The van der Waals surface area contributed by atoms with Gasteiger partial charge in [-0.25, -0.2) is 14.4 Å². The van der Waals surface area contributed by atoms with Gasteiger partial charge in [0.05, 0.1) is 18.9 Å². The second kappa shape index (κ2) is 10.5. The number of anilines is 3. The van der Waals surface area contributed by atoms with E-state index in [0.29, 0.717) is 42.5 Å². The second-order valence-corrected chi connectivity index (χ2v) is 10.2. The molecule has 0 bridgehead atoms. The third-order valence-corrected chi connectivity index (χ3v) is 7.65. The lowest BCUT2D eigenvalue weighted by molar-refractivity contribution is -0.122. The van der Waals surface area contributed by atoms with Crippen LogP contribution >= 0.6 is 0 Å². The molecule has 2 aliphatic heterocycles. The van der Waals surface area contributed by atoms with Crippen LogP contribution in [0.2, 0.25) is 0 Å². The van der Waals surface area contributed by atoms with Gasteiger partial charge in [-0.3, -0.25) is 14.4 Å². The highest BCUT2D eigenvalue weighted by Crippen LogP contribution is 2.31. The minimum Gasteiger partial charge on any atom is -0.356 e. The lowest BCUT2D eigenvalue weighted by Gasteiger charge is -2.41. The molecular formula is C30H28FN7O3. The van der Waals surface area contributed by atoms with E-state index in [4.69, 9.17) is 0 Å². The highest BCUT2D eigenvalue weighted by molar-refractivity contribution is 6.47. The van der Waals surface area contributed by atoms with Crippen molar-refractivity contribution in [1.29, 1.82) is 0 Å². The third-order valence-electron chi connectivity index (χ3n) is 7.65. The van der Waals surface area contributed by atoms with Gasteiger partial charge in [-0.05, 0) is 42.3 Å². The van der Waals surface area contributed by atoms with Crippen LogP contribution in [0.5, 0.6) is 0 Å². The minimum absolute atomic E-state index is 0.152. The lowest BCUT2D eigenvalue weighted by Crippen LogP contribution is -2.58. The number of carbonyl (C=O) groups excluding carboxylic acids is 3. The Morgan fingerprint density at radius 1 is 1.05 bits per heavy atom. The standard InChI is InChI=1S/C30H28FN7O3/c1-18-12-23(19-6-4-3-5-7-19)26(36(18)2)27(39)29(41)35-22-8-9-24-20(13-22)14-32-28(40)25-17-37(10-11-38(24)25)30-33-15-21(31)16-34-30/h3-9,12-13,15-16,25H,10-11,14,17H2,1-2H3,(H,32,40)(H,35,41)/t25-/m1/s1. The molecule has 6 rings (SSSR count). The van der Waals surface area contributed by atoms with Gasteiger partial charge in [0, 0.05) is 49.3 Å². The van der Waals surface area contributed by atoms with Gasteiger partial charge >= 0.3 is 0 Å². The minimum atomic E-state index is -0.744. The average molecular weight is 554 g/mol. The molecule has 2 amide bonds. The zero-order valence-electron chi connectivity index (χ0n) is 22.6. The molecule has 0 spiro atoms. The van der Waals surface area contributed by atoms with Crippen LogP contribution < -0.4 is 20.4 Å². The van der Waals surface area contributed by atoms with E-state index in [-0.39, 0.29) is 12.5 Å². The van der Waals surface area contributed by atoms with Crippen LogP contribution in [-0.4, -0.2) is 57.8 Å². The molecule has 0 aliphatic carbocycles. The Morgan fingerprint density at radius 2 is 1.80 bits per heavy atom. The molecule has 4 aromatic rings. The van der Waals surface area contributed by atoms with Crippen LogP contribution in [0.4, 0.5) is 21.7 Å². The number of rotatable bonds is 5. The van der Waals surface area contributed by atoms with E-state index in [0.717, 1.165) is 34.9 Å². The number of hydrogen-bond acceptors (Lipinski definition) is 7. The molecule has 2 aromatic heterocycles. The number of nitrogens with one attached hydrogen (secondary N) is 2. The Balaban J connectivity index is 1.22. The van der Waals surface area contributed by atoms with Crippen LogP contribution in [0.1, 0.15) is 21.7 Å². The van der Waals surface area contributed by atoms with Gasteiger partial charge < -0.3 is 25.0 Å². The number of aryl methyl sites for hydroxylation is 1. The van der Waals surface area contributed by atoms with Crippen LogP contribution in [0.15, 0.2) is 67.0 Å². The zero-order valence-corrected chi connectivity index (χ0v) is 22.6. The van der Waals surface area contributed by atoms with E-state index >= 15 is 0 Å². The first-order valence-corrected chi connectivity index (χ1v) is 13.3. The number of benzene rings is 2. The summed E-state index contributed by atoms with van der Waals surface area (Å²) in [6, 6.07) is 16.3. The van der Waals surface area contributed by atoms with Crippen molar-refractivity contribution in [3.05, 3.63) is 89.8 Å². The van der Waals surface area contributed by atoms with Gasteiger partial charge in [0.15, 0.2) is 5.82 Å². The molecule has 1 atom stereocenters. The van der Waals surface area contributed by atoms with E-state index in [1.54, 1.807) is 23.7 Å². The van der Waals surface area contributed by atoms with Crippen LogP contribution in [-0.2, 0) is 23.2 Å². The summed E-state index contributed by atoms with van der Waals surface area (Å²) in [4.78, 5) is 51.6. The van der Waals surface area contributed by atoms with Gasteiger partial charge in [0.25, 0.3) is 11.7 Å². The fraction of sp³-hybridized carbons (Fsp3) is 0.233. The first-order valence-electron chi connectivity index (χ1n) is 13.3. The summed E-state index contributed by atoms with van der Waals surface area (Å²) in [5, 5.41) is 5.71. The Hall–Kier alpha value is -5.06. The second-order valence-electron chi connectivity index (χ2n) is 10.2. The van der Waals surface area contributed by atoms with Crippen molar-refractivity contribution in [1.82, 2.24) is 19.9 Å². The summed E-state index contributed by atoms with van der Waals surface area (Å²) < 4.78 is 15.0. The van der Waals surface area contributed by atoms with Crippen molar-refractivity contribution in [2.75, 3.05) is 34.8 Å². The molecule has 1 saturated heterocycles. The Labute approximate surface area is 235 Å². The van der Waals surface area contributed by atoms with Crippen LogP contribution in [0.25, 0.3) is 11.1 Å². The number of Topliss-reactive ketones (excluding diaryl/α,β-unsaturated/α-hetero) is 1. The molecule has 0 saturated carbocycles. The first kappa shape index (κ1) is 26.2. The maximum Gasteiger partial charge on any atom is 0.298 e. The number of halogens is 1. The summed E-state index contributed by atoms with van der Waals surface area (Å²) in [6.07, 6.45) is 2.22. The molecule has 10 nitrogen and oxygen atoms in total. The topological polar surface area (TPSA) is 112 Å². The number of carbonyl (C=O) groups is 3. The highest BCUT2D eigenvalue weighted by atomic mass is 19.1. The predicted molar refractivity (Wildman–Crippen MR) is 152 cm³/mol. The SMILES string of the molecule is Cc1cc(-c2ccccc2)c(C(=O)C(=O)Nc2ccc3c(c2)CNC(=O)[C@H]2CN(c4ncc(F)cn4)CCN32)n1C. The highest BCUT2D eigenvalue weighted by Gasteiger charge is 2.36. The number of ketones is 1. The van der Waals surface area contributed by atoms with Gasteiger partial charge in [-0.2, -0.15) is 0 Å². The van der Waals surface area contributed by atoms with Crippen LogP contribution in [0.3, 0.4) is 0 Å². The molecule has 2 aliphatic rings. The summed E-state index contributed by atoms with van der Waals surface area (Å²) in [6.45, 7) is 3.55. The fourth-order valence-electron chi connectivity index (χ4n) is 5.47. The number of nitrogens with zero attached hydrogens (tertiary/aromatic N) is 5. The van der Waals surface area contributed by atoms with Crippen molar-refractivity contribution in [2.24, 2.45) is 7.05 Å². The van der Waals surface area contributed by atoms with Crippen molar-refractivity contribution < 1.29 is 18.8 Å². The summed E-state index contributed by atoms with van der Waals surface area (Å²) in [5.74, 6) is -1.68. The van der Waals surface area contributed by atoms with Gasteiger partial charge in [0.2, 0.25) is 11.9 Å². The number of amides is 2. The molecular weight excluding hydrogens is 525 g/mol. The zero-order chi connectivity index (χ0) is 28.7. The fourth-order valence-corrected chi connectivity index (χ4v) is 5.47. The van der Waals surface area contributed by atoms with Gasteiger partial charge in [0.1, 0.15) is 11.7 Å². The largest absolute Gasteiger partial charge is 0.356 e. The quantitative estimate of drug-likeness (QED) is 0.289. The van der Waals surface area contributed by atoms with E-state index in [1.807, 2.05) is 59.2 Å². The van der Waals surface area contributed by atoms with Crippen LogP contribution in [0, 0.1) is 12.7 Å². The molecule has 1 fully saturated rings. The lowest BCUT2D eigenvalue weighted by atomic mass is 10.0. The number of fused-ring (bicyclic) bond motifs is 3. The number of piperazine rings is 1. The smallest absolute Gasteiger partial charge is 0.298 e. The summed E-state index contributed by atoms with van der Waals surface area (Å²) in [5.41, 5.74) is 4.88.